The number of nitrogens with one attached hydrogen (secondary N) is 1. The smallest absolute Gasteiger partial charge is 0.0905 e. The minimum Gasteiger partial charge on any atom is -0.376 e. The van der Waals surface area contributed by atoms with Crippen LogP contribution < -0.4 is 11.3 Å². The van der Waals surface area contributed by atoms with E-state index in [1.54, 1.807) is 6.20 Å². The summed E-state index contributed by atoms with van der Waals surface area (Å²) in [6, 6.07) is 0.0647. The molecule has 0 aromatic carbocycles. The first kappa shape index (κ1) is 15.4. The fourth-order valence-corrected chi connectivity index (χ4v) is 2.33. The molecule has 0 bridgehead atoms. The van der Waals surface area contributed by atoms with E-state index in [0.717, 1.165) is 12.1 Å². The van der Waals surface area contributed by atoms with Gasteiger partial charge in [0.1, 0.15) is 0 Å². The van der Waals surface area contributed by atoms with E-state index in [1.807, 2.05) is 11.6 Å². The van der Waals surface area contributed by atoms with Gasteiger partial charge in [0.15, 0.2) is 0 Å². The Morgan fingerprint density at radius 3 is 2.61 bits per heavy atom. The Morgan fingerprint density at radius 2 is 2.17 bits per heavy atom. The Hall–Kier alpha value is -0.620. The fraction of sp³-hybridized carbons (Fsp3) is 0.750. The molecule has 0 fully saturated rings. The summed E-state index contributed by atoms with van der Waals surface area (Å²) >= 11 is 6.23. The van der Waals surface area contributed by atoms with Crippen LogP contribution in [0.15, 0.2) is 6.20 Å². The number of nitrogens with zero attached hydrogens (tertiary/aromatic N) is 2. The molecule has 3 N–H and O–H groups in total. The number of aromatic nitrogens is 2. The zero-order valence-electron chi connectivity index (χ0n) is 11.5. The van der Waals surface area contributed by atoms with Crippen LogP contribution in [0.5, 0.6) is 0 Å². The molecule has 0 amide bonds. The Kier molecular flexibility index (Phi) is 6.08. The highest BCUT2D eigenvalue weighted by Crippen LogP contribution is 2.29. The molecule has 0 radical (unpaired) electrons. The fourth-order valence-electron chi connectivity index (χ4n) is 2.08. The third kappa shape index (κ3) is 3.23. The lowest BCUT2D eigenvalue weighted by molar-refractivity contribution is 0.0288. The molecular formula is C12H23ClN4O. The molecule has 1 aromatic heterocycles. The Labute approximate surface area is 114 Å². The highest BCUT2D eigenvalue weighted by Gasteiger charge is 2.27. The largest absolute Gasteiger partial charge is 0.376 e. The van der Waals surface area contributed by atoms with Crippen molar-refractivity contribution in [3.05, 3.63) is 16.9 Å². The van der Waals surface area contributed by atoms with Crippen molar-refractivity contribution < 1.29 is 4.74 Å². The maximum atomic E-state index is 6.23. The molecule has 1 rings (SSSR count). The number of rotatable bonds is 7. The van der Waals surface area contributed by atoms with Gasteiger partial charge in [0.05, 0.1) is 29.1 Å². The number of halogens is 1. The first-order valence-electron chi connectivity index (χ1n) is 6.37. The minimum absolute atomic E-state index is 0.0216. The van der Waals surface area contributed by atoms with Crippen molar-refractivity contribution in [2.75, 3.05) is 6.61 Å². The van der Waals surface area contributed by atoms with E-state index in [4.69, 9.17) is 22.2 Å². The average molecular weight is 275 g/mol. The van der Waals surface area contributed by atoms with Crippen molar-refractivity contribution in [1.29, 1.82) is 0 Å². The van der Waals surface area contributed by atoms with Gasteiger partial charge in [0, 0.05) is 12.6 Å². The van der Waals surface area contributed by atoms with Crippen LogP contribution in [-0.4, -0.2) is 22.5 Å². The molecule has 2 unspecified atom stereocenters. The van der Waals surface area contributed by atoms with Crippen molar-refractivity contribution in [3.8, 4) is 0 Å². The lowest BCUT2D eigenvalue weighted by Gasteiger charge is -2.27. The minimum atomic E-state index is -0.160. The molecule has 0 aliphatic heterocycles. The van der Waals surface area contributed by atoms with Crippen LogP contribution in [0.4, 0.5) is 0 Å². The molecule has 18 heavy (non-hydrogen) atoms. The highest BCUT2D eigenvalue weighted by molar-refractivity contribution is 6.31. The Balaban J connectivity index is 3.10. The monoisotopic (exact) mass is 274 g/mol. The second-order valence-electron chi connectivity index (χ2n) is 4.46. The Morgan fingerprint density at radius 1 is 1.50 bits per heavy atom. The standard InChI is InChI=1S/C12H23ClN4O/c1-5-10(18-6-2)11(16-14)12-9(13)7-15-17(12)8(3)4/h7-8,10-11,16H,5-6,14H2,1-4H3. The van der Waals surface area contributed by atoms with Gasteiger partial charge in [-0.25, -0.2) is 5.43 Å². The van der Waals surface area contributed by atoms with Crippen molar-refractivity contribution >= 4 is 11.6 Å². The average Bonchev–Trinajstić information content (AvgIpc) is 2.71. The number of nitrogens with two attached hydrogens (primary N) is 1. The van der Waals surface area contributed by atoms with Gasteiger partial charge >= 0.3 is 0 Å². The summed E-state index contributed by atoms with van der Waals surface area (Å²) in [6.45, 7) is 8.79. The van der Waals surface area contributed by atoms with Crippen LogP contribution in [0.2, 0.25) is 5.02 Å². The summed E-state index contributed by atoms with van der Waals surface area (Å²) in [4.78, 5) is 0. The number of hydrogen-bond acceptors (Lipinski definition) is 4. The van der Waals surface area contributed by atoms with E-state index < -0.39 is 0 Å². The van der Waals surface area contributed by atoms with Crippen molar-refractivity contribution in [1.82, 2.24) is 15.2 Å². The highest BCUT2D eigenvalue weighted by atomic mass is 35.5. The van der Waals surface area contributed by atoms with Crippen LogP contribution >= 0.6 is 11.6 Å². The van der Waals surface area contributed by atoms with Gasteiger partial charge < -0.3 is 4.74 Å². The van der Waals surface area contributed by atoms with Gasteiger partial charge in [-0.3, -0.25) is 10.5 Å². The van der Waals surface area contributed by atoms with E-state index in [-0.39, 0.29) is 18.2 Å². The van der Waals surface area contributed by atoms with Crippen molar-refractivity contribution in [2.24, 2.45) is 5.84 Å². The summed E-state index contributed by atoms with van der Waals surface area (Å²) in [5, 5.41) is 4.91. The van der Waals surface area contributed by atoms with Gasteiger partial charge in [-0.15, -0.1) is 0 Å². The van der Waals surface area contributed by atoms with Crippen LogP contribution in [-0.2, 0) is 4.74 Å². The van der Waals surface area contributed by atoms with Crippen molar-refractivity contribution in [2.45, 2.75) is 52.3 Å². The predicted molar refractivity (Wildman–Crippen MR) is 73.4 cm³/mol. The number of hydrogen-bond donors (Lipinski definition) is 2. The number of ether oxygens (including phenoxy) is 1. The van der Waals surface area contributed by atoms with Gasteiger partial charge in [0.2, 0.25) is 0 Å². The van der Waals surface area contributed by atoms with E-state index >= 15 is 0 Å². The van der Waals surface area contributed by atoms with Crippen LogP contribution in [0.25, 0.3) is 0 Å². The Bertz CT molecular complexity index is 367. The zero-order chi connectivity index (χ0) is 13.7. The van der Waals surface area contributed by atoms with Crippen molar-refractivity contribution in [3.63, 3.8) is 0 Å². The SMILES string of the molecule is CCOC(CC)C(NN)c1c(Cl)cnn1C(C)C. The summed E-state index contributed by atoms with van der Waals surface area (Å²) in [5.41, 5.74) is 3.69. The molecule has 1 heterocycles. The zero-order valence-corrected chi connectivity index (χ0v) is 12.2. The number of hydrazine groups is 1. The normalized spacial score (nSPS) is 15.1. The quantitative estimate of drug-likeness (QED) is 0.592. The third-order valence-electron chi connectivity index (χ3n) is 2.91. The molecule has 0 aliphatic rings. The maximum Gasteiger partial charge on any atom is 0.0905 e. The van der Waals surface area contributed by atoms with Crippen LogP contribution in [0.1, 0.15) is 51.9 Å². The van der Waals surface area contributed by atoms with Crippen LogP contribution in [0.3, 0.4) is 0 Å². The van der Waals surface area contributed by atoms with Gasteiger partial charge in [0.25, 0.3) is 0 Å². The molecule has 0 spiro atoms. The molecule has 6 heteroatoms. The first-order chi connectivity index (χ1) is 8.56. The molecule has 104 valence electrons. The summed E-state index contributed by atoms with van der Waals surface area (Å²) in [6.07, 6.45) is 2.48. The van der Waals surface area contributed by atoms with E-state index in [9.17, 15) is 0 Å². The maximum absolute atomic E-state index is 6.23. The van der Waals surface area contributed by atoms with E-state index in [1.165, 1.54) is 0 Å². The van der Waals surface area contributed by atoms with Crippen LogP contribution in [0, 0.1) is 0 Å². The topological polar surface area (TPSA) is 65.1 Å². The lowest BCUT2D eigenvalue weighted by Crippen LogP contribution is -2.39. The second kappa shape index (κ2) is 7.09. The summed E-state index contributed by atoms with van der Waals surface area (Å²) in [5.74, 6) is 5.68. The predicted octanol–water partition coefficient (Wildman–Crippen LogP) is 2.44. The summed E-state index contributed by atoms with van der Waals surface area (Å²) < 4.78 is 7.60. The van der Waals surface area contributed by atoms with Gasteiger partial charge in [-0.2, -0.15) is 5.10 Å². The lowest BCUT2D eigenvalue weighted by atomic mass is 10.1. The first-order valence-corrected chi connectivity index (χ1v) is 6.75. The molecular weight excluding hydrogens is 252 g/mol. The molecule has 1 aromatic rings. The second-order valence-corrected chi connectivity index (χ2v) is 4.87. The summed E-state index contributed by atoms with van der Waals surface area (Å²) in [7, 11) is 0. The van der Waals surface area contributed by atoms with Gasteiger partial charge in [-0.05, 0) is 27.2 Å². The molecule has 5 nitrogen and oxygen atoms in total. The van der Waals surface area contributed by atoms with Gasteiger partial charge in [-0.1, -0.05) is 18.5 Å². The molecule has 0 saturated heterocycles. The van der Waals surface area contributed by atoms with E-state index in [2.05, 4.69) is 31.3 Å². The molecule has 0 aliphatic carbocycles. The third-order valence-corrected chi connectivity index (χ3v) is 3.20. The molecule has 0 saturated carbocycles. The molecule has 2 atom stereocenters. The van der Waals surface area contributed by atoms with E-state index in [0.29, 0.717) is 11.6 Å².